The second kappa shape index (κ2) is 5.66. The first-order valence-electron chi connectivity index (χ1n) is 3.64. The fraction of sp³-hybridized carbons (Fsp3) is 0.300. The van der Waals surface area contributed by atoms with E-state index in [0.717, 1.165) is 11.9 Å². The van der Waals surface area contributed by atoms with Gasteiger partial charge in [0.15, 0.2) is 0 Å². The zero-order valence-electron chi connectivity index (χ0n) is 6.92. The predicted octanol–water partition coefficient (Wildman–Crippen LogP) is 2.51. The molecule has 0 aliphatic carbocycles. The molecule has 0 N–H and O–H groups in total. The SMILES string of the molecule is C=C/C=C\C(=C)[C@H](C)CC=O. The molecule has 0 amide bonds. The molecule has 1 nitrogen and oxygen atoms in total. The maximum atomic E-state index is 10.1. The van der Waals surface area contributed by atoms with E-state index in [1.165, 1.54) is 0 Å². The standard InChI is InChI=1S/C10H14O/c1-4-5-6-9(2)10(3)7-8-11/h4-6,8,10H,1-2,7H2,3H3/b6-5-/t10-/m1/s1. The van der Waals surface area contributed by atoms with Gasteiger partial charge >= 0.3 is 0 Å². The van der Waals surface area contributed by atoms with Gasteiger partial charge in [-0.05, 0) is 5.92 Å². The average Bonchev–Trinajstić information content (AvgIpc) is 2.00. The third kappa shape index (κ3) is 4.31. The van der Waals surface area contributed by atoms with Crippen molar-refractivity contribution in [3.05, 3.63) is 37.0 Å². The molecule has 1 atom stereocenters. The van der Waals surface area contributed by atoms with E-state index >= 15 is 0 Å². The normalized spacial score (nSPS) is 12.8. The Morgan fingerprint density at radius 2 is 2.27 bits per heavy atom. The molecule has 0 aliphatic rings. The molecule has 0 unspecified atom stereocenters. The Morgan fingerprint density at radius 3 is 2.73 bits per heavy atom. The molecule has 0 aromatic rings. The van der Waals surface area contributed by atoms with Gasteiger partial charge in [0.2, 0.25) is 0 Å². The van der Waals surface area contributed by atoms with E-state index in [4.69, 9.17) is 0 Å². The molecule has 0 aromatic carbocycles. The molecule has 0 bridgehead atoms. The third-order valence-electron chi connectivity index (χ3n) is 1.53. The van der Waals surface area contributed by atoms with E-state index in [2.05, 4.69) is 13.2 Å². The van der Waals surface area contributed by atoms with Gasteiger partial charge in [-0.2, -0.15) is 0 Å². The maximum absolute atomic E-state index is 10.1. The summed E-state index contributed by atoms with van der Waals surface area (Å²) in [7, 11) is 0. The molecule has 11 heavy (non-hydrogen) atoms. The molecule has 0 heterocycles. The Hall–Kier alpha value is -1.11. The number of carbonyl (C=O) groups excluding carboxylic acids is 1. The Kier molecular flexibility index (Phi) is 5.09. The van der Waals surface area contributed by atoms with Crippen molar-refractivity contribution in [3.8, 4) is 0 Å². The van der Waals surface area contributed by atoms with Gasteiger partial charge in [0.1, 0.15) is 6.29 Å². The maximum Gasteiger partial charge on any atom is 0.120 e. The summed E-state index contributed by atoms with van der Waals surface area (Å²) >= 11 is 0. The Labute approximate surface area is 68.1 Å². The van der Waals surface area contributed by atoms with E-state index in [-0.39, 0.29) is 5.92 Å². The van der Waals surface area contributed by atoms with E-state index in [1.807, 2.05) is 19.1 Å². The van der Waals surface area contributed by atoms with Gasteiger partial charge in [-0.15, -0.1) is 0 Å². The number of allylic oxidation sites excluding steroid dienone is 4. The second-order valence-corrected chi connectivity index (χ2v) is 2.47. The highest BCUT2D eigenvalue weighted by Gasteiger charge is 2.01. The third-order valence-corrected chi connectivity index (χ3v) is 1.53. The van der Waals surface area contributed by atoms with Crippen LogP contribution < -0.4 is 0 Å². The first kappa shape index (κ1) is 9.89. The number of hydrogen-bond donors (Lipinski definition) is 0. The zero-order valence-corrected chi connectivity index (χ0v) is 6.92. The summed E-state index contributed by atoms with van der Waals surface area (Å²) in [5, 5.41) is 0. The number of hydrogen-bond acceptors (Lipinski definition) is 1. The highest BCUT2D eigenvalue weighted by Crippen LogP contribution is 2.11. The zero-order chi connectivity index (χ0) is 8.69. The number of aldehydes is 1. The minimum absolute atomic E-state index is 0.240. The molecule has 0 fully saturated rings. The van der Waals surface area contributed by atoms with Gasteiger partial charge < -0.3 is 4.79 Å². The highest BCUT2D eigenvalue weighted by molar-refractivity contribution is 5.51. The van der Waals surface area contributed by atoms with Crippen LogP contribution in [0.1, 0.15) is 13.3 Å². The van der Waals surface area contributed by atoms with E-state index in [0.29, 0.717) is 6.42 Å². The fourth-order valence-electron chi connectivity index (χ4n) is 0.652. The van der Waals surface area contributed by atoms with E-state index in [9.17, 15) is 4.79 Å². The Morgan fingerprint density at radius 1 is 1.64 bits per heavy atom. The average molecular weight is 150 g/mol. The van der Waals surface area contributed by atoms with Crippen LogP contribution in [0.4, 0.5) is 0 Å². The van der Waals surface area contributed by atoms with Crippen LogP contribution in [-0.2, 0) is 4.79 Å². The van der Waals surface area contributed by atoms with Crippen LogP contribution >= 0.6 is 0 Å². The molecule has 0 rings (SSSR count). The lowest BCUT2D eigenvalue weighted by atomic mass is 10.00. The molecule has 0 aromatic heterocycles. The molecule has 0 saturated carbocycles. The summed E-state index contributed by atoms with van der Waals surface area (Å²) in [4.78, 5) is 10.1. The smallest absolute Gasteiger partial charge is 0.120 e. The van der Waals surface area contributed by atoms with Crippen molar-refractivity contribution in [1.82, 2.24) is 0 Å². The van der Waals surface area contributed by atoms with Crippen LogP contribution in [-0.4, -0.2) is 6.29 Å². The van der Waals surface area contributed by atoms with Crippen molar-refractivity contribution < 1.29 is 4.79 Å². The fourth-order valence-corrected chi connectivity index (χ4v) is 0.652. The molecule has 0 spiro atoms. The van der Waals surface area contributed by atoms with Crippen LogP contribution in [0.2, 0.25) is 0 Å². The molecular formula is C10H14O. The van der Waals surface area contributed by atoms with Crippen molar-refractivity contribution in [2.24, 2.45) is 5.92 Å². The van der Waals surface area contributed by atoms with Crippen LogP contribution in [0, 0.1) is 5.92 Å². The highest BCUT2D eigenvalue weighted by atomic mass is 16.1. The summed E-state index contributed by atoms with van der Waals surface area (Å²) < 4.78 is 0. The second-order valence-electron chi connectivity index (χ2n) is 2.47. The van der Waals surface area contributed by atoms with Crippen molar-refractivity contribution in [2.75, 3.05) is 0 Å². The van der Waals surface area contributed by atoms with Gasteiger partial charge in [0.25, 0.3) is 0 Å². The summed E-state index contributed by atoms with van der Waals surface area (Å²) in [5.41, 5.74) is 0.969. The largest absolute Gasteiger partial charge is 0.303 e. The Bertz CT molecular complexity index is 177. The van der Waals surface area contributed by atoms with Crippen LogP contribution in [0.15, 0.2) is 37.0 Å². The van der Waals surface area contributed by atoms with Crippen molar-refractivity contribution in [2.45, 2.75) is 13.3 Å². The lowest BCUT2D eigenvalue weighted by Crippen LogP contribution is -1.96. The quantitative estimate of drug-likeness (QED) is 0.434. The molecule has 0 saturated heterocycles. The van der Waals surface area contributed by atoms with Gasteiger partial charge in [-0.25, -0.2) is 0 Å². The molecule has 1 heteroatoms. The predicted molar refractivity (Wildman–Crippen MR) is 48.3 cm³/mol. The molecule has 0 aliphatic heterocycles. The number of rotatable bonds is 5. The topological polar surface area (TPSA) is 17.1 Å². The molecule has 0 radical (unpaired) electrons. The number of carbonyl (C=O) groups is 1. The minimum Gasteiger partial charge on any atom is -0.303 e. The van der Waals surface area contributed by atoms with Crippen LogP contribution in [0.25, 0.3) is 0 Å². The first-order valence-corrected chi connectivity index (χ1v) is 3.64. The lowest BCUT2D eigenvalue weighted by molar-refractivity contribution is -0.108. The van der Waals surface area contributed by atoms with Crippen molar-refractivity contribution >= 4 is 6.29 Å². The van der Waals surface area contributed by atoms with E-state index < -0.39 is 0 Å². The Balaban J connectivity index is 3.91. The van der Waals surface area contributed by atoms with Crippen LogP contribution in [0.5, 0.6) is 0 Å². The van der Waals surface area contributed by atoms with Gasteiger partial charge in [-0.3, -0.25) is 0 Å². The van der Waals surface area contributed by atoms with Crippen LogP contribution in [0.3, 0.4) is 0 Å². The van der Waals surface area contributed by atoms with Crippen molar-refractivity contribution in [1.29, 1.82) is 0 Å². The van der Waals surface area contributed by atoms with Gasteiger partial charge in [0.05, 0.1) is 0 Å². The summed E-state index contributed by atoms with van der Waals surface area (Å²) in [6.45, 7) is 9.33. The molecular weight excluding hydrogens is 136 g/mol. The summed E-state index contributed by atoms with van der Waals surface area (Å²) in [5.74, 6) is 0.240. The summed E-state index contributed by atoms with van der Waals surface area (Å²) in [6.07, 6.45) is 6.85. The first-order chi connectivity index (χ1) is 5.22. The summed E-state index contributed by atoms with van der Waals surface area (Å²) in [6, 6.07) is 0. The van der Waals surface area contributed by atoms with Gasteiger partial charge in [-0.1, -0.05) is 43.9 Å². The van der Waals surface area contributed by atoms with E-state index in [1.54, 1.807) is 6.08 Å². The lowest BCUT2D eigenvalue weighted by Gasteiger charge is -2.05. The molecule has 60 valence electrons. The monoisotopic (exact) mass is 150 g/mol. The minimum atomic E-state index is 0.240. The van der Waals surface area contributed by atoms with Gasteiger partial charge in [0, 0.05) is 6.42 Å². The van der Waals surface area contributed by atoms with Crippen molar-refractivity contribution in [3.63, 3.8) is 0 Å².